The fourth-order valence-corrected chi connectivity index (χ4v) is 1.08. The summed E-state index contributed by atoms with van der Waals surface area (Å²) < 4.78 is 22.4. The summed E-state index contributed by atoms with van der Waals surface area (Å²) in [5, 5.41) is 0. The molecule has 0 spiro atoms. The van der Waals surface area contributed by atoms with E-state index in [0.717, 1.165) is 22.8 Å². The van der Waals surface area contributed by atoms with Crippen molar-refractivity contribution in [3.05, 3.63) is 18.2 Å². The van der Waals surface area contributed by atoms with Crippen molar-refractivity contribution in [2.24, 2.45) is 0 Å². The zero-order valence-corrected chi connectivity index (χ0v) is 6.58. The van der Waals surface area contributed by atoms with Gasteiger partial charge in [-0.05, 0) is 0 Å². The van der Waals surface area contributed by atoms with Crippen molar-refractivity contribution in [3.8, 4) is 0 Å². The van der Waals surface area contributed by atoms with Crippen LogP contribution in [0.3, 0.4) is 0 Å². The lowest BCUT2D eigenvalue weighted by Crippen LogP contribution is -2.06. The molecular weight excluding hydrogens is 168 g/mol. The minimum Gasteiger partial charge on any atom is -0.296 e. The van der Waals surface area contributed by atoms with Crippen molar-refractivity contribution < 1.29 is 13.2 Å². The van der Waals surface area contributed by atoms with Crippen LogP contribution >= 0.6 is 0 Å². The summed E-state index contributed by atoms with van der Waals surface area (Å²) in [4.78, 5) is 13.6. The summed E-state index contributed by atoms with van der Waals surface area (Å²) in [5.74, 6) is 0. The van der Waals surface area contributed by atoms with Crippen molar-refractivity contribution in [3.63, 3.8) is 0 Å². The second-order valence-electron chi connectivity index (χ2n) is 2.01. The number of rotatable bonds is 2. The van der Waals surface area contributed by atoms with Crippen LogP contribution in [0.4, 0.5) is 0 Å². The number of aldehydes is 1. The van der Waals surface area contributed by atoms with Gasteiger partial charge in [0.25, 0.3) is 0 Å². The smallest absolute Gasteiger partial charge is 0.236 e. The van der Waals surface area contributed by atoms with Gasteiger partial charge in [0.15, 0.2) is 6.29 Å². The van der Waals surface area contributed by atoms with Crippen LogP contribution in [0.5, 0.6) is 0 Å². The van der Waals surface area contributed by atoms with Crippen molar-refractivity contribution in [2.75, 3.05) is 6.26 Å². The fourth-order valence-electron chi connectivity index (χ4n) is 0.563. The van der Waals surface area contributed by atoms with E-state index < -0.39 is 10.0 Å². The highest BCUT2D eigenvalue weighted by Crippen LogP contribution is 1.95. The number of aromatic nitrogens is 2. The molecule has 1 aromatic heterocycles. The first-order valence-corrected chi connectivity index (χ1v) is 4.58. The van der Waals surface area contributed by atoms with Crippen LogP contribution in [0, 0.1) is 0 Å². The molecule has 1 aromatic rings. The Morgan fingerprint density at radius 1 is 1.64 bits per heavy atom. The predicted octanol–water partition coefficient (Wildman–Crippen LogP) is -0.497. The quantitative estimate of drug-likeness (QED) is 0.567. The molecule has 0 N–H and O–H groups in total. The number of carbonyl (C=O) groups excluding carboxylic acids is 1. The van der Waals surface area contributed by atoms with E-state index in [4.69, 9.17) is 0 Å². The van der Waals surface area contributed by atoms with Crippen molar-refractivity contribution in [1.82, 2.24) is 8.96 Å². The van der Waals surface area contributed by atoms with E-state index in [2.05, 4.69) is 4.98 Å². The molecule has 1 heterocycles. The summed E-state index contributed by atoms with van der Waals surface area (Å²) >= 11 is 0. The van der Waals surface area contributed by atoms with Crippen LogP contribution < -0.4 is 0 Å². The normalized spacial score (nSPS) is 11.4. The standard InChI is InChI=1S/C5H6N2O3S/c1-11(9,10)7-2-5(3-8)6-4-7/h2-4H,1H3. The third-order valence-corrected chi connectivity index (χ3v) is 2.05. The Labute approximate surface area is 63.7 Å². The Kier molecular flexibility index (Phi) is 1.77. The molecule has 0 aromatic carbocycles. The summed E-state index contributed by atoms with van der Waals surface area (Å²) in [5.41, 5.74) is 0.107. The van der Waals surface area contributed by atoms with Gasteiger partial charge in [0, 0.05) is 0 Å². The SMILES string of the molecule is CS(=O)(=O)n1cnc(C=O)c1. The Balaban J connectivity index is 3.18. The monoisotopic (exact) mass is 174 g/mol. The first kappa shape index (κ1) is 7.93. The van der Waals surface area contributed by atoms with Gasteiger partial charge in [-0.25, -0.2) is 17.4 Å². The Morgan fingerprint density at radius 2 is 2.27 bits per heavy atom. The van der Waals surface area contributed by atoms with Crippen LogP contribution in [-0.4, -0.2) is 29.9 Å². The van der Waals surface area contributed by atoms with Crippen molar-refractivity contribution in [1.29, 1.82) is 0 Å². The molecule has 5 nitrogen and oxygen atoms in total. The minimum atomic E-state index is -3.30. The third kappa shape index (κ3) is 1.64. The zero-order chi connectivity index (χ0) is 8.48. The van der Waals surface area contributed by atoms with Gasteiger partial charge in [-0.15, -0.1) is 0 Å². The summed E-state index contributed by atoms with van der Waals surface area (Å²) in [6.07, 6.45) is 3.76. The summed E-state index contributed by atoms with van der Waals surface area (Å²) in [6.45, 7) is 0. The Bertz CT molecular complexity index is 365. The zero-order valence-electron chi connectivity index (χ0n) is 5.76. The number of hydrogen-bond acceptors (Lipinski definition) is 4. The third-order valence-electron chi connectivity index (χ3n) is 1.08. The molecule has 0 amide bonds. The fraction of sp³-hybridized carbons (Fsp3) is 0.200. The van der Waals surface area contributed by atoms with Gasteiger partial charge in [0.05, 0.1) is 12.5 Å². The minimum absolute atomic E-state index is 0.107. The summed E-state index contributed by atoms with van der Waals surface area (Å²) in [6, 6.07) is 0. The Hall–Kier alpha value is -1.17. The highest BCUT2D eigenvalue weighted by atomic mass is 32.2. The lowest BCUT2D eigenvalue weighted by atomic mass is 10.6. The number of carbonyl (C=O) groups is 1. The molecule has 0 aliphatic rings. The van der Waals surface area contributed by atoms with E-state index >= 15 is 0 Å². The number of hydrogen-bond donors (Lipinski definition) is 0. The molecule has 1 rings (SSSR count). The molecule has 0 unspecified atom stereocenters. The molecular formula is C5H6N2O3S. The highest BCUT2D eigenvalue weighted by molar-refractivity contribution is 7.89. The number of nitrogens with zero attached hydrogens (tertiary/aromatic N) is 2. The maximum Gasteiger partial charge on any atom is 0.236 e. The molecule has 0 bridgehead atoms. The van der Waals surface area contributed by atoms with E-state index in [-0.39, 0.29) is 5.69 Å². The van der Waals surface area contributed by atoms with E-state index in [1.54, 1.807) is 0 Å². The van der Waals surface area contributed by atoms with E-state index in [0.29, 0.717) is 6.29 Å². The summed E-state index contributed by atoms with van der Waals surface area (Å²) in [7, 11) is -3.30. The molecule has 6 heteroatoms. The van der Waals surface area contributed by atoms with Gasteiger partial charge in [0.2, 0.25) is 10.0 Å². The first-order valence-electron chi connectivity index (χ1n) is 2.74. The first-order chi connectivity index (χ1) is 5.04. The maximum absolute atomic E-state index is 10.8. The largest absolute Gasteiger partial charge is 0.296 e. The molecule has 0 aliphatic carbocycles. The van der Waals surface area contributed by atoms with Crippen molar-refractivity contribution >= 4 is 16.3 Å². The van der Waals surface area contributed by atoms with Gasteiger partial charge in [0.1, 0.15) is 12.0 Å². The average Bonchev–Trinajstić information content (AvgIpc) is 2.32. The van der Waals surface area contributed by atoms with Crippen molar-refractivity contribution in [2.45, 2.75) is 0 Å². The molecule has 0 saturated heterocycles. The van der Waals surface area contributed by atoms with Gasteiger partial charge >= 0.3 is 0 Å². The molecule has 0 saturated carbocycles. The molecule has 0 radical (unpaired) electrons. The van der Waals surface area contributed by atoms with Gasteiger partial charge in [-0.1, -0.05) is 0 Å². The van der Waals surface area contributed by atoms with Gasteiger partial charge < -0.3 is 0 Å². The van der Waals surface area contributed by atoms with E-state index in [9.17, 15) is 13.2 Å². The molecule has 0 atom stereocenters. The molecule has 0 fully saturated rings. The second-order valence-corrected chi connectivity index (χ2v) is 3.90. The molecule has 11 heavy (non-hydrogen) atoms. The molecule has 0 aliphatic heterocycles. The highest BCUT2D eigenvalue weighted by Gasteiger charge is 2.05. The molecule has 60 valence electrons. The van der Waals surface area contributed by atoms with Gasteiger partial charge in [-0.2, -0.15) is 0 Å². The van der Waals surface area contributed by atoms with Crippen LogP contribution in [0.1, 0.15) is 10.5 Å². The number of imidazole rings is 1. The Morgan fingerprint density at radius 3 is 2.55 bits per heavy atom. The van der Waals surface area contributed by atoms with Crippen LogP contribution in [0.15, 0.2) is 12.5 Å². The predicted molar refractivity (Wildman–Crippen MR) is 37.9 cm³/mol. The lowest BCUT2D eigenvalue weighted by Gasteiger charge is -1.93. The average molecular weight is 174 g/mol. The van der Waals surface area contributed by atoms with E-state index in [1.165, 1.54) is 0 Å². The van der Waals surface area contributed by atoms with Crippen LogP contribution in [0.25, 0.3) is 0 Å². The van der Waals surface area contributed by atoms with Gasteiger partial charge in [-0.3, -0.25) is 4.79 Å². The van der Waals surface area contributed by atoms with Crippen LogP contribution in [0.2, 0.25) is 0 Å². The maximum atomic E-state index is 10.8. The topological polar surface area (TPSA) is 69.0 Å². The lowest BCUT2D eigenvalue weighted by molar-refractivity contribution is 0.111. The van der Waals surface area contributed by atoms with Crippen LogP contribution in [-0.2, 0) is 10.0 Å². The van der Waals surface area contributed by atoms with E-state index in [1.807, 2.05) is 0 Å². The second kappa shape index (κ2) is 2.46.